The molecule has 1 heterocycles. The molecule has 8 heteroatoms. The van der Waals surface area contributed by atoms with E-state index >= 15 is 0 Å². The molecule has 1 amide bonds. The van der Waals surface area contributed by atoms with E-state index in [1.54, 1.807) is 26.2 Å². The molecule has 4 nitrogen and oxygen atoms in total. The molecule has 0 spiro atoms. The van der Waals surface area contributed by atoms with Crippen molar-refractivity contribution in [3.8, 4) is 0 Å². The molecule has 0 atom stereocenters. The van der Waals surface area contributed by atoms with Crippen molar-refractivity contribution in [2.45, 2.75) is 32.5 Å². The largest absolute Gasteiger partial charge is 0.416 e. The first kappa shape index (κ1) is 17.5. The predicted octanol–water partition coefficient (Wildman–Crippen LogP) is 4.35. The van der Waals surface area contributed by atoms with Crippen LogP contribution in [0.1, 0.15) is 25.0 Å². The normalized spacial score (nSPS) is 12.3. The minimum Gasteiger partial charge on any atom is -0.323 e. The Balaban J connectivity index is 2.23. The van der Waals surface area contributed by atoms with Gasteiger partial charge in [-0.25, -0.2) is 0 Å². The van der Waals surface area contributed by atoms with Gasteiger partial charge in [-0.05, 0) is 60.5 Å². The number of nitrogens with one attached hydrogen (secondary N) is 1. The van der Waals surface area contributed by atoms with Crippen LogP contribution in [-0.4, -0.2) is 15.7 Å². The smallest absolute Gasteiger partial charge is 0.323 e. The van der Waals surface area contributed by atoms with Crippen LogP contribution in [0, 0.1) is 6.92 Å². The van der Waals surface area contributed by atoms with Crippen molar-refractivity contribution in [1.29, 1.82) is 0 Å². The summed E-state index contributed by atoms with van der Waals surface area (Å²) in [6.45, 7) is 5.20. The number of alkyl halides is 3. The Morgan fingerprint density at radius 1 is 1.30 bits per heavy atom. The van der Waals surface area contributed by atoms with Crippen LogP contribution in [0.2, 0.25) is 0 Å². The molecule has 2 aromatic rings. The van der Waals surface area contributed by atoms with E-state index in [1.807, 2.05) is 6.92 Å². The van der Waals surface area contributed by atoms with Gasteiger partial charge in [0.1, 0.15) is 5.54 Å². The van der Waals surface area contributed by atoms with Gasteiger partial charge in [0.15, 0.2) is 0 Å². The van der Waals surface area contributed by atoms with Gasteiger partial charge in [-0.3, -0.25) is 9.48 Å². The summed E-state index contributed by atoms with van der Waals surface area (Å²) in [5.41, 5.74) is -0.609. The zero-order valence-electron chi connectivity index (χ0n) is 12.7. The molecule has 0 aliphatic carbocycles. The Hall–Kier alpha value is -1.83. The summed E-state index contributed by atoms with van der Waals surface area (Å²) in [6, 6.07) is 3.07. The van der Waals surface area contributed by atoms with Crippen LogP contribution < -0.4 is 5.32 Å². The monoisotopic (exact) mass is 389 g/mol. The number of benzene rings is 1. The highest BCUT2D eigenvalue weighted by Gasteiger charge is 2.33. The van der Waals surface area contributed by atoms with Gasteiger partial charge in [-0.1, -0.05) is 0 Å². The Bertz CT molecular complexity index is 738. The highest BCUT2D eigenvalue weighted by Crippen LogP contribution is 2.34. The van der Waals surface area contributed by atoms with Gasteiger partial charge in [0.25, 0.3) is 5.91 Å². The molecule has 124 valence electrons. The molecular formula is C15H15BrF3N3O. The number of halogens is 4. The quantitative estimate of drug-likeness (QED) is 0.848. The molecule has 0 aliphatic rings. The van der Waals surface area contributed by atoms with Gasteiger partial charge in [-0.2, -0.15) is 18.3 Å². The second-order valence-corrected chi connectivity index (χ2v) is 6.52. The number of nitrogens with zero attached hydrogens (tertiary/aromatic N) is 2. The summed E-state index contributed by atoms with van der Waals surface area (Å²) < 4.78 is 39.6. The third-order valence-electron chi connectivity index (χ3n) is 3.38. The van der Waals surface area contributed by atoms with Crippen molar-refractivity contribution in [3.63, 3.8) is 0 Å². The van der Waals surface area contributed by atoms with Crippen molar-refractivity contribution in [2.24, 2.45) is 0 Å². The standard InChI is InChI=1S/C15H15BrF3N3O/c1-9-7-20-22(8-9)14(2,3)13(23)21-12-5-4-10(6-11(12)16)15(17,18)19/h4-8H,1-3H3,(H,21,23). The summed E-state index contributed by atoms with van der Waals surface area (Å²) in [6.07, 6.45) is -1.08. The van der Waals surface area contributed by atoms with Gasteiger partial charge in [-0.15, -0.1) is 0 Å². The number of hydrogen-bond acceptors (Lipinski definition) is 2. The van der Waals surface area contributed by atoms with Gasteiger partial charge < -0.3 is 5.32 Å². The number of hydrogen-bond donors (Lipinski definition) is 1. The summed E-state index contributed by atoms with van der Waals surface area (Å²) >= 11 is 3.06. The van der Waals surface area contributed by atoms with E-state index in [2.05, 4.69) is 26.3 Å². The molecule has 1 N–H and O–H groups in total. The topological polar surface area (TPSA) is 46.9 Å². The van der Waals surface area contributed by atoms with E-state index in [1.165, 1.54) is 10.7 Å². The van der Waals surface area contributed by atoms with E-state index < -0.39 is 17.3 Å². The number of carbonyl (C=O) groups excluding carboxylic acids is 1. The molecule has 23 heavy (non-hydrogen) atoms. The highest BCUT2D eigenvalue weighted by atomic mass is 79.9. The fourth-order valence-corrected chi connectivity index (χ4v) is 2.37. The van der Waals surface area contributed by atoms with Crippen molar-refractivity contribution in [3.05, 3.63) is 46.2 Å². The maximum absolute atomic E-state index is 12.7. The van der Waals surface area contributed by atoms with Crippen LogP contribution in [0.15, 0.2) is 35.1 Å². The molecule has 2 rings (SSSR count). The third kappa shape index (κ3) is 3.74. The number of carbonyl (C=O) groups is 1. The van der Waals surface area contributed by atoms with E-state index in [0.29, 0.717) is 0 Å². The van der Waals surface area contributed by atoms with Crippen LogP contribution >= 0.6 is 15.9 Å². The molecule has 1 aromatic carbocycles. The maximum Gasteiger partial charge on any atom is 0.416 e. The van der Waals surface area contributed by atoms with E-state index in [4.69, 9.17) is 0 Å². The van der Waals surface area contributed by atoms with Crippen molar-refractivity contribution >= 4 is 27.5 Å². The van der Waals surface area contributed by atoms with Crippen molar-refractivity contribution < 1.29 is 18.0 Å². The average molecular weight is 390 g/mol. The van der Waals surface area contributed by atoms with Crippen LogP contribution in [-0.2, 0) is 16.5 Å². The molecule has 0 unspecified atom stereocenters. The second-order valence-electron chi connectivity index (χ2n) is 5.67. The zero-order chi connectivity index (χ0) is 17.4. The lowest BCUT2D eigenvalue weighted by Crippen LogP contribution is -2.40. The summed E-state index contributed by atoms with van der Waals surface area (Å²) in [5.74, 6) is -0.388. The highest BCUT2D eigenvalue weighted by molar-refractivity contribution is 9.10. The van der Waals surface area contributed by atoms with Gasteiger partial charge in [0, 0.05) is 10.7 Å². The number of rotatable bonds is 3. The Morgan fingerprint density at radius 3 is 2.43 bits per heavy atom. The molecular weight excluding hydrogens is 375 g/mol. The second kappa shape index (κ2) is 5.99. The van der Waals surface area contributed by atoms with Crippen LogP contribution in [0.4, 0.5) is 18.9 Å². The van der Waals surface area contributed by atoms with E-state index in [9.17, 15) is 18.0 Å². The van der Waals surface area contributed by atoms with Crippen LogP contribution in [0.3, 0.4) is 0 Å². The van der Waals surface area contributed by atoms with Crippen LogP contribution in [0.25, 0.3) is 0 Å². The first-order chi connectivity index (χ1) is 10.5. The number of aromatic nitrogens is 2. The minimum absolute atomic E-state index is 0.160. The minimum atomic E-state index is -4.43. The average Bonchev–Trinajstić information content (AvgIpc) is 2.87. The summed E-state index contributed by atoms with van der Waals surface area (Å²) in [4.78, 5) is 12.5. The first-order valence-electron chi connectivity index (χ1n) is 6.72. The maximum atomic E-state index is 12.7. The van der Waals surface area contributed by atoms with E-state index in [-0.39, 0.29) is 16.1 Å². The fraction of sp³-hybridized carbons (Fsp3) is 0.333. The zero-order valence-corrected chi connectivity index (χ0v) is 14.3. The third-order valence-corrected chi connectivity index (χ3v) is 4.04. The first-order valence-corrected chi connectivity index (χ1v) is 7.51. The number of aryl methyl sites for hydroxylation is 1. The Kier molecular flexibility index (Phi) is 4.57. The Morgan fingerprint density at radius 2 is 1.96 bits per heavy atom. The predicted molar refractivity (Wildman–Crippen MR) is 84.1 cm³/mol. The van der Waals surface area contributed by atoms with Gasteiger partial charge in [0.2, 0.25) is 0 Å². The van der Waals surface area contributed by atoms with Gasteiger partial charge in [0.05, 0.1) is 17.4 Å². The summed E-state index contributed by atoms with van der Waals surface area (Å²) in [7, 11) is 0. The lowest BCUT2D eigenvalue weighted by Gasteiger charge is -2.24. The number of anilines is 1. The fourth-order valence-electron chi connectivity index (χ4n) is 1.89. The molecule has 0 radical (unpaired) electrons. The van der Waals surface area contributed by atoms with Crippen LogP contribution in [0.5, 0.6) is 0 Å². The number of amides is 1. The lowest BCUT2D eigenvalue weighted by molar-refractivity contribution is -0.137. The molecule has 0 saturated heterocycles. The molecule has 0 fully saturated rings. The van der Waals surface area contributed by atoms with Gasteiger partial charge >= 0.3 is 6.18 Å². The summed E-state index contributed by atoms with van der Waals surface area (Å²) in [5, 5.41) is 6.74. The van der Waals surface area contributed by atoms with Crippen molar-refractivity contribution in [1.82, 2.24) is 9.78 Å². The molecule has 0 bridgehead atoms. The Labute approximate surface area is 139 Å². The lowest BCUT2D eigenvalue weighted by atomic mass is 10.0. The van der Waals surface area contributed by atoms with E-state index in [0.717, 1.165) is 17.7 Å². The SMILES string of the molecule is Cc1cnn(C(C)(C)C(=O)Nc2ccc(C(F)(F)F)cc2Br)c1. The van der Waals surface area contributed by atoms with Crippen molar-refractivity contribution in [2.75, 3.05) is 5.32 Å². The molecule has 1 aromatic heterocycles. The molecule has 0 aliphatic heterocycles. The molecule has 0 saturated carbocycles.